The zero-order valence-electron chi connectivity index (χ0n) is 16.1. The summed E-state index contributed by atoms with van der Waals surface area (Å²) in [5.74, 6) is 1.78. The van der Waals surface area contributed by atoms with E-state index in [2.05, 4.69) is 34.5 Å². The predicted molar refractivity (Wildman–Crippen MR) is 111 cm³/mol. The van der Waals surface area contributed by atoms with E-state index in [-0.39, 0.29) is 5.54 Å². The average Bonchev–Trinajstić information content (AvgIpc) is 3.17. The molecule has 0 amide bonds. The van der Waals surface area contributed by atoms with Crippen LogP contribution in [0.25, 0.3) is 33.7 Å². The highest BCUT2D eigenvalue weighted by molar-refractivity contribution is 5.86. The SMILES string of the molecule is CC(C)(N)CCOc1ccc(-c2nnc(-c3ccc4ccccc4c3)o2)cc1. The highest BCUT2D eigenvalue weighted by Crippen LogP contribution is 2.27. The van der Waals surface area contributed by atoms with E-state index in [0.717, 1.165) is 28.7 Å². The molecule has 0 fully saturated rings. The van der Waals surface area contributed by atoms with E-state index in [4.69, 9.17) is 14.9 Å². The van der Waals surface area contributed by atoms with Crippen LogP contribution in [0, 0.1) is 0 Å². The minimum Gasteiger partial charge on any atom is -0.494 e. The fourth-order valence-corrected chi connectivity index (χ4v) is 2.90. The van der Waals surface area contributed by atoms with Gasteiger partial charge in [-0.15, -0.1) is 10.2 Å². The summed E-state index contributed by atoms with van der Waals surface area (Å²) in [5.41, 5.74) is 7.50. The first-order valence-corrected chi connectivity index (χ1v) is 9.33. The van der Waals surface area contributed by atoms with Gasteiger partial charge in [0.05, 0.1) is 6.61 Å². The van der Waals surface area contributed by atoms with Crippen LogP contribution in [0.4, 0.5) is 0 Å². The normalized spacial score (nSPS) is 11.7. The monoisotopic (exact) mass is 373 g/mol. The van der Waals surface area contributed by atoms with E-state index >= 15 is 0 Å². The van der Waals surface area contributed by atoms with Crippen molar-refractivity contribution in [3.8, 4) is 28.7 Å². The third kappa shape index (κ3) is 4.21. The van der Waals surface area contributed by atoms with Crippen LogP contribution in [0.1, 0.15) is 20.3 Å². The van der Waals surface area contributed by atoms with Crippen molar-refractivity contribution in [3.63, 3.8) is 0 Å². The maximum absolute atomic E-state index is 5.97. The number of nitrogens with two attached hydrogens (primary N) is 1. The van der Waals surface area contributed by atoms with Crippen molar-refractivity contribution in [1.82, 2.24) is 10.2 Å². The van der Waals surface area contributed by atoms with E-state index in [0.29, 0.717) is 18.4 Å². The minimum atomic E-state index is -0.233. The third-order valence-corrected chi connectivity index (χ3v) is 4.54. The molecule has 0 bridgehead atoms. The molecule has 0 aliphatic carbocycles. The first-order valence-electron chi connectivity index (χ1n) is 9.33. The molecule has 0 aliphatic rings. The average molecular weight is 373 g/mol. The van der Waals surface area contributed by atoms with Crippen molar-refractivity contribution in [1.29, 1.82) is 0 Å². The van der Waals surface area contributed by atoms with Gasteiger partial charge in [0.25, 0.3) is 0 Å². The first kappa shape index (κ1) is 18.2. The molecule has 5 nitrogen and oxygen atoms in total. The summed E-state index contributed by atoms with van der Waals surface area (Å²) in [6.45, 7) is 4.56. The largest absolute Gasteiger partial charge is 0.494 e. The molecule has 0 saturated heterocycles. The van der Waals surface area contributed by atoms with Crippen molar-refractivity contribution in [2.75, 3.05) is 6.61 Å². The Morgan fingerprint density at radius 2 is 1.50 bits per heavy atom. The Bertz CT molecular complexity index is 1080. The van der Waals surface area contributed by atoms with Crippen LogP contribution in [-0.4, -0.2) is 22.3 Å². The van der Waals surface area contributed by atoms with Crippen LogP contribution in [0.15, 0.2) is 71.1 Å². The zero-order chi connectivity index (χ0) is 19.6. The summed E-state index contributed by atoms with van der Waals surface area (Å²) >= 11 is 0. The molecule has 0 saturated carbocycles. The van der Waals surface area contributed by atoms with E-state index < -0.39 is 0 Å². The van der Waals surface area contributed by atoms with Crippen LogP contribution in [-0.2, 0) is 0 Å². The second kappa shape index (κ2) is 7.44. The van der Waals surface area contributed by atoms with Crippen LogP contribution in [0.5, 0.6) is 5.75 Å². The lowest BCUT2D eigenvalue weighted by molar-refractivity contribution is 0.274. The maximum Gasteiger partial charge on any atom is 0.248 e. The number of ether oxygens (including phenoxy) is 1. The molecule has 4 rings (SSSR count). The second-order valence-electron chi connectivity index (χ2n) is 7.59. The Kier molecular flexibility index (Phi) is 4.84. The smallest absolute Gasteiger partial charge is 0.248 e. The van der Waals surface area contributed by atoms with E-state index in [1.165, 1.54) is 5.39 Å². The lowest BCUT2D eigenvalue weighted by atomic mass is 10.0. The topological polar surface area (TPSA) is 74.2 Å². The zero-order valence-corrected chi connectivity index (χ0v) is 16.1. The fraction of sp³-hybridized carbons (Fsp3) is 0.217. The van der Waals surface area contributed by atoms with Crippen LogP contribution in [0.3, 0.4) is 0 Å². The number of benzene rings is 3. The van der Waals surface area contributed by atoms with Crippen LogP contribution >= 0.6 is 0 Å². The van der Waals surface area contributed by atoms with Gasteiger partial charge in [-0.2, -0.15) is 0 Å². The van der Waals surface area contributed by atoms with E-state index in [1.807, 2.05) is 56.3 Å². The molecule has 4 aromatic rings. The lowest BCUT2D eigenvalue weighted by Crippen LogP contribution is -2.33. The Balaban J connectivity index is 1.49. The number of hydrogen-bond donors (Lipinski definition) is 1. The number of aromatic nitrogens is 2. The second-order valence-corrected chi connectivity index (χ2v) is 7.59. The molecule has 142 valence electrons. The van der Waals surface area contributed by atoms with Crippen molar-refractivity contribution >= 4 is 10.8 Å². The first-order chi connectivity index (χ1) is 13.5. The molecule has 1 heterocycles. The van der Waals surface area contributed by atoms with Gasteiger partial charge in [0.15, 0.2) is 0 Å². The summed E-state index contributed by atoms with van der Waals surface area (Å²) in [4.78, 5) is 0. The van der Waals surface area contributed by atoms with Gasteiger partial charge in [-0.3, -0.25) is 0 Å². The Labute approximate surface area is 164 Å². The van der Waals surface area contributed by atoms with E-state index in [1.54, 1.807) is 0 Å². The van der Waals surface area contributed by atoms with Crippen LogP contribution in [0.2, 0.25) is 0 Å². The predicted octanol–water partition coefficient (Wildman–Crippen LogP) is 5.06. The molecule has 0 unspecified atom stereocenters. The summed E-state index contributed by atoms with van der Waals surface area (Å²) in [5, 5.41) is 10.7. The molecule has 0 spiro atoms. The molecule has 28 heavy (non-hydrogen) atoms. The highest BCUT2D eigenvalue weighted by atomic mass is 16.5. The molecule has 2 N–H and O–H groups in total. The lowest BCUT2D eigenvalue weighted by Gasteiger charge is -2.18. The molecule has 1 aromatic heterocycles. The Morgan fingerprint density at radius 3 is 2.21 bits per heavy atom. The molecular formula is C23H23N3O2. The molecule has 3 aromatic carbocycles. The van der Waals surface area contributed by atoms with Gasteiger partial charge in [-0.1, -0.05) is 30.3 Å². The van der Waals surface area contributed by atoms with Gasteiger partial charge in [0, 0.05) is 16.7 Å². The molecule has 0 atom stereocenters. The number of nitrogens with zero attached hydrogens (tertiary/aromatic N) is 2. The third-order valence-electron chi connectivity index (χ3n) is 4.54. The molecular weight excluding hydrogens is 350 g/mol. The van der Waals surface area contributed by atoms with Gasteiger partial charge >= 0.3 is 0 Å². The Morgan fingerprint density at radius 1 is 0.857 bits per heavy atom. The summed E-state index contributed by atoms with van der Waals surface area (Å²) in [6, 6.07) is 21.9. The maximum atomic E-state index is 5.97. The molecule has 0 radical (unpaired) electrons. The summed E-state index contributed by atoms with van der Waals surface area (Å²) in [7, 11) is 0. The van der Waals surface area contributed by atoms with Crippen molar-refractivity contribution in [2.45, 2.75) is 25.8 Å². The quantitative estimate of drug-likeness (QED) is 0.511. The van der Waals surface area contributed by atoms with E-state index in [9.17, 15) is 0 Å². The molecule has 5 heteroatoms. The number of hydrogen-bond acceptors (Lipinski definition) is 5. The van der Waals surface area contributed by atoms with Crippen molar-refractivity contribution in [2.24, 2.45) is 5.73 Å². The number of fused-ring (bicyclic) bond motifs is 1. The molecule has 0 aliphatic heterocycles. The van der Waals surface area contributed by atoms with Crippen molar-refractivity contribution in [3.05, 3.63) is 66.7 Å². The number of rotatable bonds is 6. The Hall–Kier alpha value is -3.18. The van der Waals surface area contributed by atoms with Gasteiger partial charge in [0.2, 0.25) is 11.8 Å². The van der Waals surface area contributed by atoms with Gasteiger partial charge < -0.3 is 14.9 Å². The van der Waals surface area contributed by atoms with Crippen LogP contribution < -0.4 is 10.5 Å². The van der Waals surface area contributed by atoms with Gasteiger partial charge in [-0.25, -0.2) is 0 Å². The standard InChI is InChI=1S/C23H23N3O2/c1-23(2,24)13-14-27-20-11-9-17(10-12-20)21-25-26-22(28-21)19-8-7-16-5-3-4-6-18(16)15-19/h3-12,15H,13-14,24H2,1-2H3. The van der Waals surface area contributed by atoms with Gasteiger partial charge in [0.1, 0.15) is 5.75 Å². The van der Waals surface area contributed by atoms with Crippen molar-refractivity contribution < 1.29 is 9.15 Å². The minimum absolute atomic E-state index is 0.233. The summed E-state index contributed by atoms with van der Waals surface area (Å²) in [6.07, 6.45) is 0.785. The van der Waals surface area contributed by atoms with Gasteiger partial charge in [-0.05, 0) is 67.4 Å². The fourth-order valence-electron chi connectivity index (χ4n) is 2.90. The highest BCUT2D eigenvalue weighted by Gasteiger charge is 2.12. The summed E-state index contributed by atoms with van der Waals surface area (Å²) < 4.78 is 11.6.